The van der Waals surface area contributed by atoms with Crippen molar-refractivity contribution in [2.45, 2.75) is 5.41 Å². The van der Waals surface area contributed by atoms with Crippen molar-refractivity contribution in [1.82, 2.24) is 0 Å². The van der Waals surface area contributed by atoms with Gasteiger partial charge in [-0.05, 0) is 123 Å². The zero-order valence-corrected chi connectivity index (χ0v) is 32.0. The van der Waals surface area contributed by atoms with E-state index in [9.17, 15) is 0 Å². The minimum absolute atomic E-state index is 0.100. The van der Waals surface area contributed by atoms with Gasteiger partial charge in [0, 0.05) is 54.3 Å². The first-order chi connectivity index (χ1) is 30.8. The summed E-state index contributed by atoms with van der Waals surface area (Å²) in [4.78, 5) is 4.16. The fraction of sp³-hybridized carbons (Fsp3) is 0.0182. The second kappa shape index (κ2) is 12.9. The molecule has 0 saturated carbocycles. The van der Waals surface area contributed by atoms with E-state index in [4.69, 9.17) is 6.85 Å². The molecule has 0 saturated heterocycles. The minimum Gasteiger partial charge on any atom is -0.310 e. The van der Waals surface area contributed by atoms with Gasteiger partial charge in [-0.2, -0.15) is 0 Å². The van der Waals surface area contributed by atoms with Crippen molar-refractivity contribution in [3.8, 4) is 22.3 Å². The van der Waals surface area contributed by atoms with Crippen molar-refractivity contribution >= 4 is 65.6 Å². The van der Waals surface area contributed by atoms with Gasteiger partial charge in [0.25, 0.3) is 0 Å². The summed E-state index contributed by atoms with van der Waals surface area (Å²) in [6, 6.07) is 64.4. The van der Waals surface area contributed by atoms with E-state index in [1.165, 1.54) is 31.3 Å². The van der Waals surface area contributed by atoms with E-state index in [1.807, 2.05) is 52.6 Å². The van der Waals surface area contributed by atoms with Gasteiger partial charge in [-0.25, -0.2) is 0 Å². The van der Waals surface area contributed by atoms with Gasteiger partial charge >= 0.3 is 0 Å². The highest BCUT2D eigenvalue weighted by Crippen LogP contribution is 2.64. The Balaban J connectivity index is 1.09. The molecular formula is C55H36N2S. The summed E-state index contributed by atoms with van der Waals surface area (Å²) < 4.78 is 46.4. The molecule has 1 atom stereocenters. The molecule has 0 aliphatic heterocycles. The highest BCUT2D eigenvalue weighted by atomic mass is 32.1. The number of hydrogen-bond acceptors (Lipinski definition) is 3. The molecule has 10 aromatic rings. The topological polar surface area (TPSA) is 6.48 Å². The molecule has 0 N–H and O–H groups in total. The molecule has 0 bridgehead atoms. The van der Waals surface area contributed by atoms with E-state index in [-0.39, 0.29) is 29.9 Å². The second-order valence-corrected chi connectivity index (χ2v) is 16.0. The van der Waals surface area contributed by atoms with Crippen LogP contribution >= 0.6 is 11.3 Å². The lowest BCUT2D eigenvalue weighted by molar-refractivity contribution is 0.793. The van der Waals surface area contributed by atoms with Gasteiger partial charge in [-0.1, -0.05) is 139 Å². The lowest BCUT2D eigenvalue weighted by Crippen LogP contribution is -2.26. The van der Waals surface area contributed by atoms with Gasteiger partial charge < -0.3 is 9.80 Å². The van der Waals surface area contributed by atoms with Gasteiger partial charge in [-0.3, -0.25) is 0 Å². The van der Waals surface area contributed by atoms with Crippen LogP contribution in [-0.4, -0.2) is 0 Å². The predicted octanol–water partition coefficient (Wildman–Crippen LogP) is 15.3. The number of hydrogen-bond donors (Lipinski definition) is 0. The summed E-state index contributed by atoms with van der Waals surface area (Å²) in [7, 11) is 0. The van der Waals surface area contributed by atoms with Crippen LogP contribution in [0.5, 0.6) is 0 Å². The number of nitrogens with zero attached hydrogens (tertiary/aromatic N) is 2. The molecule has 272 valence electrons. The summed E-state index contributed by atoms with van der Waals surface area (Å²) in [6.45, 7) is 0. The second-order valence-electron chi connectivity index (χ2n) is 14.9. The van der Waals surface area contributed by atoms with E-state index in [1.54, 1.807) is 0 Å². The molecule has 12 rings (SSSR count). The average Bonchev–Trinajstić information content (AvgIpc) is 3.95. The Hall–Kier alpha value is -7.20. The van der Waals surface area contributed by atoms with Crippen LogP contribution in [-0.2, 0) is 5.41 Å². The number of anilines is 6. The summed E-state index contributed by atoms with van der Waals surface area (Å²) in [5.41, 5.74) is 13.1. The quantitative estimate of drug-likeness (QED) is 0.166. The van der Waals surface area contributed by atoms with Crippen LogP contribution in [0.15, 0.2) is 218 Å². The first-order valence-electron chi connectivity index (χ1n) is 22.0. The van der Waals surface area contributed by atoms with Crippen molar-refractivity contribution < 1.29 is 6.85 Å². The maximum Gasteiger partial charge on any atom is 0.0726 e. The Morgan fingerprint density at radius 2 is 0.862 bits per heavy atom. The smallest absolute Gasteiger partial charge is 0.0726 e. The first kappa shape index (κ1) is 28.2. The Morgan fingerprint density at radius 1 is 0.345 bits per heavy atom. The van der Waals surface area contributed by atoms with Crippen LogP contribution < -0.4 is 9.80 Å². The third-order valence-corrected chi connectivity index (χ3v) is 13.1. The number of thiophene rings is 1. The molecule has 2 aliphatic rings. The van der Waals surface area contributed by atoms with Crippen LogP contribution in [0.1, 0.15) is 29.1 Å². The van der Waals surface area contributed by atoms with Gasteiger partial charge in [0.1, 0.15) is 0 Å². The number of rotatable bonds is 6. The lowest BCUT2D eigenvalue weighted by atomic mass is 9.70. The molecule has 1 aromatic heterocycles. The van der Waals surface area contributed by atoms with Crippen LogP contribution in [0.4, 0.5) is 34.1 Å². The third-order valence-electron chi connectivity index (χ3n) is 11.9. The number of para-hydroxylation sites is 3. The molecule has 2 aliphatic carbocycles. The molecule has 9 aromatic carbocycles. The molecule has 3 heteroatoms. The molecule has 1 spiro atoms. The zero-order chi connectivity index (χ0) is 42.6. The summed E-state index contributed by atoms with van der Waals surface area (Å²) in [5, 5.41) is 2.53. The van der Waals surface area contributed by atoms with Crippen LogP contribution in [0, 0.1) is 0 Å². The largest absolute Gasteiger partial charge is 0.310 e. The molecule has 1 heterocycles. The Bertz CT molecular complexity index is 3470. The Morgan fingerprint density at radius 3 is 1.60 bits per heavy atom. The van der Waals surface area contributed by atoms with Crippen molar-refractivity contribution in [1.29, 1.82) is 0 Å². The molecule has 0 radical (unpaired) electrons. The molecule has 0 fully saturated rings. The maximum absolute atomic E-state index is 9.10. The number of benzene rings is 9. The molecule has 2 nitrogen and oxygen atoms in total. The van der Waals surface area contributed by atoms with Gasteiger partial charge in [0.2, 0.25) is 0 Å². The maximum atomic E-state index is 9.10. The van der Waals surface area contributed by atoms with Crippen molar-refractivity contribution in [3.05, 3.63) is 241 Å². The first-order valence-corrected chi connectivity index (χ1v) is 20.3. The zero-order valence-electron chi connectivity index (χ0n) is 36.2. The van der Waals surface area contributed by atoms with Gasteiger partial charge in [0.05, 0.1) is 12.3 Å². The monoisotopic (exact) mass is 761 g/mol. The summed E-state index contributed by atoms with van der Waals surface area (Å²) in [5.74, 6) is 0. The third kappa shape index (κ3) is 4.78. The van der Waals surface area contributed by atoms with E-state index >= 15 is 0 Å². The van der Waals surface area contributed by atoms with E-state index in [0.29, 0.717) is 11.4 Å². The highest BCUT2D eigenvalue weighted by Gasteiger charge is 2.52. The standard InChI is InChI=1S/C55H36N2S/c1-4-16-37(17-5-1)56(38-18-6-2-7-19-38)41-28-31-45-43-22-10-13-25-49(43)55(52(45)35-41)50-26-14-11-23-44(50)48-34-40(30-33-51(48)55)57(39-20-8-3-9-21-39)42-29-32-47-46-24-12-15-27-53(46)58-54(47)36-42/h1-36H/i1D,4D,5D,16D,17D. The highest BCUT2D eigenvalue weighted by molar-refractivity contribution is 7.25. The Kier molecular flexibility index (Phi) is 6.29. The minimum atomic E-state index is -0.706. The molecular weight excluding hydrogens is 721 g/mol. The van der Waals surface area contributed by atoms with E-state index < -0.39 is 11.5 Å². The fourth-order valence-electron chi connectivity index (χ4n) is 9.62. The van der Waals surface area contributed by atoms with Gasteiger partial charge in [-0.15, -0.1) is 11.3 Å². The summed E-state index contributed by atoms with van der Waals surface area (Å²) >= 11 is 1.82. The van der Waals surface area contributed by atoms with Crippen molar-refractivity contribution in [2.24, 2.45) is 0 Å². The van der Waals surface area contributed by atoms with Crippen LogP contribution in [0.2, 0.25) is 0 Å². The molecule has 0 amide bonds. The normalized spacial score (nSPS) is 15.8. The Labute approximate surface area is 349 Å². The van der Waals surface area contributed by atoms with E-state index in [2.05, 4.69) is 157 Å². The molecule has 1 unspecified atom stereocenters. The fourth-order valence-corrected chi connectivity index (χ4v) is 10.8. The predicted molar refractivity (Wildman–Crippen MR) is 245 cm³/mol. The van der Waals surface area contributed by atoms with Crippen LogP contribution in [0.3, 0.4) is 0 Å². The average molecular weight is 762 g/mol. The molecule has 58 heavy (non-hydrogen) atoms. The van der Waals surface area contributed by atoms with Crippen molar-refractivity contribution in [3.63, 3.8) is 0 Å². The van der Waals surface area contributed by atoms with Gasteiger partial charge in [0.15, 0.2) is 0 Å². The number of fused-ring (bicyclic) bond motifs is 13. The van der Waals surface area contributed by atoms with Crippen molar-refractivity contribution in [2.75, 3.05) is 9.80 Å². The summed E-state index contributed by atoms with van der Waals surface area (Å²) in [6.07, 6.45) is 0. The van der Waals surface area contributed by atoms with Crippen LogP contribution in [0.25, 0.3) is 42.4 Å². The SMILES string of the molecule is [2H]c1c([2H])c([2H])c(N(c2ccccc2)c2ccc3c(c2)C2(c4ccccc4-c4cc(N(c5ccccc5)c5ccc6c(c5)sc5ccccc56)ccc42)c2ccccc2-3)c([2H])c1[2H]. The lowest BCUT2D eigenvalue weighted by Gasteiger charge is -2.32. The van der Waals surface area contributed by atoms with E-state index in [0.717, 1.165) is 50.4 Å².